The maximum Gasteiger partial charge on any atom is 0.209 e. The van der Waals surface area contributed by atoms with E-state index in [9.17, 15) is 15.0 Å². The summed E-state index contributed by atoms with van der Waals surface area (Å²) in [5.74, 6) is -0.438. The fourth-order valence-electron chi connectivity index (χ4n) is 4.45. The Hall–Kier alpha value is -3.19. The van der Waals surface area contributed by atoms with Crippen molar-refractivity contribution >= 4 is 49.8 Å². The zero-order valence-corrected chi connectivity index (χ0v) is 19.0. The van der Waals surface area contributed by atoms with Crippen molar-refractivity contribution in [3.8, 4) is 17.0 Å². The van der Waals surface area contributed by atoms with Crippen LogP contribution < -0.4 is 0 Å². The van der Waals surface area contributed by atoms with Gasteiger partial charge < -0.3 is 15.2 Å². The molecule has 7 heteroatoms. The molecule has 33 heavy (non-hydrogen) atoms. The number of carbonyl (C=O) groups is 1. The molecule has 3 aromatic heterocycles. The summed E-state index contributed by atoms with van der Waals surface area (Å²) in [7, 11) is 0. The Bertz CT molecular complexity index is 1510. The molecule has 3 heterocycles. The first kappa shape index (κ1) is 20.4. The maximum atomic E-state index is 13.4. The number of carbonyl (C=O) groups excluding carboxylic acids is 1. The molecule has 1 aliphatic carbocycles. The van der Waals surface area contributed by atoms with Crippen LogP contribution in [0.5, 0.6) is 5.88 Å². The topological polar surface area (TPSA) is 86.2 Å². The molecular formula is C26H19ClN2O3S. The van der Waals surface area contributed by atoms with Gasteiger partial charge in [-0.05, 0) is 48.2 Å². The number of benzene rings is 2. The van der Waals surface area contributed by atoms with Crippen LogP contribution >= 0.6 is 22.9 Å². The van der Waals surface area contributed by atoms with Gasteiger partial charge in [0.1, 0.15) is 4.83 Å². The molecule has 0 radical (unpaired) electrons. The summed E-state index contributed by atoms with van der Waals surface area (Å²) in [6.45, 7) is 0.153. The first-order valence-electron chi connectivity index (χ1n) is 10.6. The van der Waals surface area contributed by atoms with Gasteiger partial charge in [-0.15, -0.1) is 11.3 Å². The van der Waals surface area contributed by atoms with Crippen molar-refractivity contribution in [2.45, 2.75) is 18.3 Å². The number of aliphatic hydroxyl groups is 1. The Morgan fingerprint density at radius 3 is 2.64 bits per heavy atom. The van der Waals surface area contributed by atoms with Gasteiger partial charge in [0.15, 0.2) is 0 Å². The Kier molecular flexibility index (Phi) is 4.59. The smallest absolute Gasteiger partial charge is 0.209 e. The minimum absolute atomic E-state index is 0.0998. The number of hydrogen-bond acceptors (Lipinski definition) is 5. The number of nitrogens with zero attached hydrogens (tertiary/aromatic N) is 1. The number of ketones is 1. The van der Waals surface area contributed by atoms with E-state index in [0.717, 1.165) is 39.7 Å². The van der Waals surface area contributed by atoms with E-state index in [1.54, 1.807) is 18.3 Å². The molecule has 5 aromatic rings. The molecule has 1 fully saturated rings. The summed E-state index contributed by atoms with van der Waals surface area (Å²) in [5, 5.41) is 22.3. The molecule has 164 valence electrons. The number of aromatic nitrogens is 2. The SMILES string of the molecule is O=C(c1cc2cccnc2s1)c1c(O)[nH]c2cc(Cl)c(-c3ccc(C4(CO)CC4)cc3)cc12. The largest absolute Gasteiger partial charge is 0.494 e. The number of thiophene rings is 1. The Morgan fingerprint density at radius 2 is 1.94 bits per heavy atom. The molecule has 2 aromatic carbocycles. The van der Waals surface area contributed by atoms with E-state index in [1.165, 1.54) is 11.3 Å². The summed E-state index contributed by atoms with van der Waals surface area (Å²) in [6, 6.07) is 17.2. The number of fused-ring (bicyclic) bond motifs is 2. The number of aromatic hydroxyl groups is 1. The van der Waals surface area contributed by atoms with Crippen molar-refractivity contribution < 1.29 is 15.0 Å². The van der Waals surface area contributed by atoms with Crippen LogP contribution in [0.25, 0.3) is 32.2 Å². The summed E-state index contributed by atoms with van der Waals surface area (Å²) in [6.07, 6.45) is 3.69. The first-order valence-corrected chi connectivity index (χ1v) is 11.8. The molecule has 0 atom stereocenters. The normalized spacial score (nSPS) is 14.7. The average molecular weight is 475 g/mol. The lowest BCUT2D eigenvalue weighted by Crippen LogP contribution is -2.11. The van der Waals surface area contributed by atoms with Crippen LogP contribution in [0.15, 0.2) is 60.8 Å². The number of aromatic amines is 1. The second-order valence-corrected chi connectivity index (χ2v) is 10.0. The first-order chi connectivity index (χ1) is 16.0. The number of pyridine rings is 1. The quantitative estimate of drug-likeness (QED) is 0.270. The van der Waals surface area contributed by atoms with Crippen molar-refractivity contribution in [3.05, 3.63) is 81.8 Å². The van der Waals surface area contributed by atoms with Gasteiger partial charge in [0.05, 0.1) is 27.6 Å². The summed E-state index contributed by atoms with van der Waals surface area (Å²) < 4.78 is 0. The van der Waals surface area contributed by atoms with Gasteiger partial charge in [-0.2, -0.15) is 0 Å². The van der Waals surface area contributed by atoms with Crippen LogP contribution in [0, 0.1) is 0 Å². The fraction of sp³-hybridized carbons (Fsp3) is 0.154. The fourth-order valence-corrected chi connectivity index (χ4v) is 5.67. The lowest BCUT2D eigenvalue weighted by atomic mass is 9.94. The third-order valence-electron chi connectivity index (χ3n) is 6.58. The molecule has 0 aliphatic heterocycles. The third-order valence-corrected chi connectivity index (χ3v) is 7.95. The third kappa shape index (κ3) is 3.25. The molecule has 1 aliphatic rings. The van der Waals surface area contributed by atoms with E-state index in [4.69, 9.17) is 11.6 Å². The number of hydrogen-bond donors (Lipinski definition) is 3. The lowest BCUT2D eigenvalue weighted by molar-refractivity contribution is 0.104. The van der Waals surface area contributed by atoms with Crippen LogP contribution in [-0.2, 0) is 5.41 Å². The summed E-state index contributed by atoms with van der Waals surface area (Å²) >= 11 is 7.89. The van der Waals surface area contributed by atoms with Crippen LogP contribution in [0.1, 0.15) is 33.6 Å². The summed E-state index contributed by atoms with van der Waals surface area (Å²) in [4.78, 5) is 21.9. The molecule has 6 rings (SSSR count). The number of aliphatic hydroxyl groups excluding tert-OH is 1. The second kappa shape index (κ2) is 7.42. The van der Waals surface area contributed by atoms with Crippen molar-refractivity contribution in [3.63, 3.8) is 0 Å². The van der Waals surface area contributed by atoms with Gasteiger partial charge in [-0.1, -0.05) is 41.9 Å². The van der Waals surface area contributed by atoms with Crippen molar-refractivity contribution in [2.24, 2.45) is 0 Å². The molecule has 0 amide bonds. The van der Waals surface area contributed by atoms with Crippen LogP contribution in [-0.4, -0.2) is 32.6 Å². The Balaban J connectivity index is 1.44. The molecule has 5 nitrogen and oxygen atoms in total. The monoisotopic (exact) mass is 474 g/mol. The lowest BCUT2D eigenvalue weighted by Gasteiger charge is -2.13. The number of halogens is 1. The van der Waals surface area contributed by atoms with E-state index < -0.39 is 0 Å². The molecule has 3 N–H and O–H groups in total. The van der Waals surface area contributed by atoms with Gasteiger partial charge in [0.25, 0.3) is 0 Å². The van der Waals surface area contributed by atoms with E-state index in [-0.39, 0.29) is 29.2 Å². The highest BCUT2D eigenvalue weighted by atomic mass is 35.5. The highest BCUT2D eigenvalue weighted by molar-refractivity contribution is 7.20. The molecule has 0 unspecified atom stereocenters. The molecule has 0 bridgehead atoms. The van der Waals surface area contributed by atoms with E-state index >= 15 is 0 Å². The Morgan fingerprint density at radius 1 is 1.15 bits per heavy atom. The summed E-state index contributed by atoms with van der Waals surface area (Å²) in [5.41, 5.74) is 3.53. The second-order valence-electron chi connectivity index (χ2n) is 8.58. The standard InChI is InChI=1S/C26H19ClN2O3S/c27-19-12-20-18(11-17(19)14-3-5-16(6-4-14)26(13-30)7-8-26)22(24(32)29-20)23(31)21-10-15-2-1-9-28-25(15)33-21/h1-6,9-12,29-30,32H,7-8,13H2. The Labute approximate surface area is 198 Å². The zero-order chi connectivity index (χ0) is 22.7. The molecule has 0 saturated heterocycles. The predicted molar refractivity (Wildman–Crippen MR) is 131 cm³/mol. The van der Waals surface area contributed by atoms with Gasteiger partial charge in [-0.25, -0.2) is 4.98 Å². The number of nitrogens with one attached hydrogen (secondary N) is 1. The minimum Gasteiger partial charge on any atom is -0.494 e. The van der Waals surface area contributed by atoms with Gasteiger partial charge in [0.2, 0.25) is 11.7 Å². The van der Waals surface area contributed by atoms with Crippen LogP contribution in [0.2, 0.25) is 5.02 Å². The van der Waals surface area contributed by atoms with Gasteiger partial charge >= 0.3 is 0 Å². The maximum absolute atomic E-state index is 13.4. The van der Waals surface area contributed by atoms with E-state index in [1.807, 2.05) is 42.5 Å². The van der Waals surface area contributed by atoms with Gasteiger partial charge in [-0.3, -0.25) is 4.79 Å². The predicted octanol–water partition coefficient (Wildman–Crippen LogP) is 6.06. The van der Waals surface area contributed by atoms with Crippen molar-refractivity contribution in [1.82, 2.24) is 9.97 Å². The van der Waals surface area contributed by atoms with Gasteiger partial charge in [0, 0.05) is 27.9 Å². The number of H-pyrrole nitrogens is 1. The molecular weight excluding hydrogens is 456 g/mol. The van der Waals surface area contributed by atoms with Crippen LogP contribution in [0.4, 0.5) is 0 Å². The van der Waals surface area contributed by atoms with E-state index in [2.05, 4.69) is 9.97 Å². The van der Waals surface area contributed by atoms with E-state index in [0.29, 0.717) is 20.8 Å². The van der Waals surface area contributed by atoms with Crippen LogP contribution in [0.3, 0.4) is 0 Å². The highest BCUT2D eigenvalue weighted by Gasteiger charge is 2.43. The zero-order valence-electron chi connectivity index (χ0n) is 17.4. The number of rotatable bonds is 5. The highest BCUT2D eigenvalue weighted by Crippen LogP contribution is 2.48. The van der Waals surface area contributed by atoms with Crippen molar-refractivity contribution in [1.29, 1.82) is 0 Å². The molecule has 1 saturated carbocycles. The van der Waals surface area contributed by atoms with Crippen molar-refractivity contribution in [2.75, 3.05) is 6.61 Å². The molecule has 0 spiro atoms. The average Bonchev–Trinajstić information content (AvgIpc) is 3.40. The minimum atomic E-state index is -0.260.